The molecule has 2 aromatic heterocycles. The van der Waals surface area contributed by atoms with Crippen LogP contribution in [0.5, 0.6) is 0 Å². The number of carbonyl (C=O) groups excluding carboxylic acids is 1. The summed E-state index contributed by atoms with van der Waals surface area (Å²) in [5.74, 6) is 0.864. The highest BCUT2D eigenvalue weighted by Gasteiger charge is 2.23. The van der Waals surface area contributed by atoms with Crippen molar-refractivity contribution in [1.29, 1.82) is 0 Å². The Morgan fingerprint density at radius 3 is 2.59 bits per heavy atom. The Morgan fingerprint density at radius 1 is 1.18 bits per heavy atom. The van der Waals surface area contributed by atoms with Gasteiger partial charge < -0.3 is 13.7 Å². The average Bonchev–Trinajstić information content (AvgIpc) is 3.04. The summed E-state index contributed by atoms with van der Waals surface area (Å²) in [6.45, 7) is 3.92. The maximum absolute atomic E-state index is 13.8. The molecule has 22 heavy (non-hydrogen) atoms. The Morgan fingerprint density at radius 2 is 1.95 bits per heavy atom. The van der Waals surface area contributed by atoms with E-state index < -0.39 is 5.82 Å². The van der Waals surface area contributed by atoms with Crippen LogP contribution >= 0.6 is 0 Å². The first-order valence-electron chi connectivity index (χ1n) is 6.95. The first kappa shape index (κ1) is 14.4. The summed E-state index contributed by atoms with van der Waals surface area (Å²) in [5.41, 5.74) is 0.757. The first-order chi connectivity index (χ1) is 10.5. The third kappa shape index (κ3) is 2.39. The molecule has 0 aliphatic carbocycles. The molecular weight excluding hydrogens is 285 g/mol. The topological polar surface area (TPSA) is 46.6 Å². The summed E-state index contributed by atoms with van der Waals surface area (Å²) in [4.78, 5) is 14.0. The fraction of sp³-hybridized carbons (Fsp3) is 0.235. The normalized spacial score (nSPS) is 11.1. The van der Waals surface area contributed by atoms with E-state index in [9.17, 15) is 9.18 Å². The zero-order valence-electron chi connectivity index (χ0n) is 12.6. The van der Waals surface area contributed by atoms with Crippen LogP contribution in [-0.4, -0.2) is 17.9 Å². The van der Waals surface area contributed by atoms with Gasteiger partial charge in [-0.3, -0.25) is 4.79 Å². The molecule has 0 atom stereocenters. The van der Waals surface area contributed by atoms with Gasteiger partial charge in [0.25, 0.3) is 5.91 Å². The Bertz CT molecular complexity index is 847. The maximum atomic E-state index is 13.8. The molecule has 3 rings (SSSR count). The van der Waals surface area contributed by atoms with Crippen molar-refractivity contribution in [1.82, 2.24) is 4.90 Å². The summed E-state index contributed by atoms with van der Waals surface area (Å²) in [7, 11) is 1.66. The van der Waals surface area contributed by atoms with Gasteiger partial charge in [0.1, 0.15) is 11.5 Å². The summed E-state index contributed by atoms with van der Waals surface area (Å²) in [6.07, 6.45) is 0. The van der Waals surface area contributed by atoms with Gasteiger partial charge in [0.05, 0.1) is 6.54 Å². The van der Waals surface area contributed by atoms with Crippen molar-refractivity contribution in [2.75, 3.05) is 7.05 Å². The standard InChI is InChI=1S/C17H16FNO3/c1-10-7-8-12(21-10)9-19(3)17(20)15-11(2)13-5-4-6-14(18)16(13)22-15/h4-8H,9H2,1-3H3. The number of nitrogens with zero attached hydrogens (tertiary/aromatic N) is 1. The second-order valence-electron chi connectivity index (χ2n) is 5.35. The van der Waals surface area contributed by atoms with E-state index in [4.69, 9.17) is 8.83 Å². The number of amides is 1. The molecule has 0 aliphatic rings. The van der Waals surface area contributed by atoms with Crippen LogP contribution in [0.4, 0.5) is 4.39 Å². The van der Waals surface area contributed by atoms with Crippen LogP contribution in [-0.2, 0) is 6.54 Å². The fourth-order valence-electron chi connectivity index (χ4n) is 2.46. The van der Waals surface area contributed by atoms with Gasteiger partial charge in [0.2, 0.25) is 0 Å². The van der Waals surface area contributed by atoms with Crippen molar-refractivity contribution < 1.29 is 18.0 Å². The van der Waals surface area contributed by atoms with Gasteiger partial charge >= 0.3 is 0 Å². The lowest BCUT2D eigenvalue weighted by Gasteiger charge is -2.14. The zero-order valence-corrected chi connectivity index (χ0v) is 12.6. The molecule has 0 aliphatic heterocycles. The predicted octanol–water partition coefficient (Wildman–Crippen LogP) is 4.05. The van der Waals surface area contributed by atoms with Crippen LogP contribution in [0.3, 0.4) is 0 Å². The molecule has 4 nitrogen and oxygen atoms in total. The van der Waals surface area contributed by atoms with Crippen LogP contribution in [0.1, 0.15) is 27.6 Å². The van der Waals surface area contributed by atoms with Gasteiger partial charge in [-0.1, -0.05) is 12.1 Å². The Kier molecular flexibility index (Phi) is 3.48. The van der Waals surface area contributed by atoms with E-state index in [1.54, 1.807) is 26.1 Å². The van der Waals surface area contributed by atoms with Crippen molar-refractivity contribution in [2.45, 2.75) is 20.4 Å². The molecule has 0 saturated heterocycles. The van der Waals surface area contributed by atoms with Crippen LogP contribution in [0.25, 0.3) is 11.0 Å². The molecular formula is C17H16FNO3. The van der Waals surface area contributed by atoms with Gasteiger partial charge in [-0.15, -0.1) is 0 Å². The highest BCUT2D eigenvalue weighted by Crippen LogP contribution is 2.28. The molecule has 0 unspecified atom stereocenters. The average molecular weight is 301 g/mol. The smallest absolute Gasteiger partial charge is 0.290 e. The van der Waals surface area contributed by atoms with Crippen LogP contribution in [0.15, 0.2) is 39.2 Å². The molecule has 0 N–H and O–H groups in total. The number of fused-ring (bicyclic) bond motifs is 1. The fourth-order valence-corrected chi connectivity index (χ4v) is 2.46. The Labute approximate surface area is 127 Å². The van der Waals surface area contributed by atoms with Crippen molar-refractivity contribution in [3.8, 4) is 0 Å². The number of halogens is 1. The number of aryl methyl sites for hydroxylation is 2. The molecule has 2 heterocycles. The minimum absolute atomic E-state index is 0.116. The number of para-hydroxylation sites is 1. The summed E-state index contributed by atoms with van der Waals surface area (Å²) in [6, 6.07) is 8.32. The molecule has 114 valence electrons. The van der Waals surface area contributed by atoms with E-state index in [0.29, 0.717) is 23.3 Å². The molecule has 0 fully saturated rings. The van der Waals surface area contributed by atoms with Crippen molar-refractivity contribution in [3.05, 3.63) is 59.0 Å². The van der Waals surface area contributed by atoms with Crippen molar-refractivity contribution in [3.63, 3.8) is 0 Å². The molecule has 0 bridgehead atoms. The number of carbonyl (C=O) groups is 1. The van der Waals surface area contributed by atoms with E-state index >= 15 is 0 Å². The monoisotopic (exact) mass is 301 g/mol. The van der Waals surface area contributed by atoms with Gasteiger partial charge in [-0.05, 0) is 32.0 Å². The molecule has 5 heteroatoms. The lowest BCUT2D eigenvalue weighted by Crippen LogP contribution is -2.26. The van der Waals surface area contributed by atoms with Crippen LogP contribution in [0.2, 0.25) is 0 Å². The van der Waals surface area contributed by atoms with Crippen LogP contribution in [0, 0.1) is 19.7 Å². The Balaban J connectivity index is 1.91. The molecule has 0 spiro atoms. The van der Waals surface area contributed by atoms with Crippen LogP contribution < -0.4 is 0 Å². The van der Waals surface area contributed by atoms with Gasteiger partial charge in [0.15, 0.2) is 17.2 Å². The highest BCUT2D eigenvalue weighted by atomic mass is 19.1. The quantitative estimate of drug-likeness (QED) is 0.733. The SMILES string of the molecule is Cc1ccc(CN(C)C(=O)c2oc3c(F)cccc3c2C)o1. The van der Waals surface area contributed by atoms with E-state index in [-0.39, 0.29) is 17.3 Å². The third-order valence-electron chi connectivity index (χ3n) is 3.65. The van der Waals surface area contributed by atoms with E-state index in [1.807, 2.05) is 19.1 Å². The van der Waals surface area contributed by atoms with Gasteiger partial charge in [-0.25, -0.2) is 4.39 Å². The van der Waals surface area contributed by atoms with Crippen molar-refractivity contribution >= 4 is 16.9 Å². The zero-order chi connectivity index (χ0) is 15.9. The lowest BCUT2D eigenvalue weighted by molar-refractivity contribution is 0.0744. The number of hydrogen-bond donors (Lipinski definition) is 0. The molecule has 1 aromatic carbocycles. The second kappa shape index (κ2) is 5.33. The van der Waals surface area contributed by atoms with Gasteiger partial charge in [0, 0.05) is 18.0 Å². The largest absolute Gasteiger partial charge is 0.464 e. The number of rotatable bonds is 3. The number of furan rings is 2. The summed E-state index contributed by atoms with van der Waals surface area (Å²) in [5, 5.41) is 0.616. The van der Waals surface area contributed by atoms with Gasteiger partial charge in [-0.2, -0.15) is 0 Å². The molecule has 0 saturated carbocycles. The lowest BCUT2D eigenvalue weighted by atomic mass is 10.1. The minimum atomic E-state index is -0.469. The van der Waals surface area contributed by atoms with Crippen molar-refractivity contribution in [2.24, 2.45) is 0 Å². The second-order valence-corrected chi connectivity index (χ2v) is 5.35. The number of benzene rings is 1. The maximum Gasteiger partial charge on any atom is 0.290 e. The third-order valence-corrected chi connectivity index (χ3v) is 3.65. The van der Waals surface area contributed by atoms with E-state index in [2.05, 4.69) is 0 Å². The first-order valence-corrected chi connectivity index (χ1v) is 6.95. The summed E-state index contributed by atoms with van der Waals surface area (Å²) >= 11 is 0. The molecule has 1 amide bonds. The van der Waals surface area contributed by atoms with E-state index in [0.717, 1.165) is 5.76 Å². The molecule has 0 radical (unpaired) electrons. The predicted molar refractivity (Wildman–Crippen MR) is 80.2 cm³/mol. The summed E-state index contributed by atoms with van der Waals surface area (Å²) < 4.78 is 24.7. The highest BCUT2D eigenvalue weighted by molar-refractivity contribution is 5.98. The Hall–Kier alpha value is -2.56. The van der Waals surface area contributed by atoms with E-state index in [1.165, 1.54) is 11.0 Å². The minimum Gasteiger partial charge on any atom is -0.464 e. The molecule has 3 aromatic rings. The number of hydrogen-bond acceptors (Lipinski definition) is 3.